The summed E-state index contributed by atoms with van der Waals surface area (Å²) in [5.74, 6) is 0.612. The predicted octanol–water partition coefficient (Wildman–Crippen LogP) is 15.0. The van der Waals surface area contributed by atoms with Gasteiger partial charge in [-0.25, -0.2) is 4.98 Å². The molecule has 2 heterocycles. The van der Waals surface area contributed by atoms with Crippen LogP contribution in [0.2, 0.25) is 0 Å². The van der Waals surface area contributed by atoms with Gasteiger partial charge in [0, 0.05) is 39.0 Å². The fraction of sp³-hybridized carbons (Fsp3) is 0. The number of benzene rings is 9. The minimum Gasteiger partial charge on any atom is -0.455 e. The Morgan fingerprint density at radius 3 is 1.67 bits per heavy atom. The number of aromatic nitrogens is 1. The average Bonchev–Trinajstić information content (AvgIpc) is 3.90. The highest BCUT2D eigenvalue weighted by atomic mass is 16.3. The summed E-state index contributed by atoms with van der Waals surface area (Å²) in [4.78, 5) is 7.01. The molecule has 4 nitrogen and oxygen atoms in total. The molecule has 0 amide bonds. The van der Waals surface area contributed by atoms with Crippen LogP contribution in [-0.4, -0.2) is 4.98 Å². The van der Waals surface area contributed by atoms with Crippen LogP contribution in [-0.2, 0) is 0 Å². The maximum Gasteiger partial charge on any atom is 0.227 e. The molecule has 11 aromatic rings. The summed E-state index contributed by atoms with van der Waals surface area (Å²) in [7, 11) is 0. The molecule has 57 heavy (non-hydrogen) atoms. The molecule has 0 spiro atoms. The predicted molar refractivity (Wildman–Crippen MR) is 235 cm³/mol. The van der Waals surface area contributed by atoms with Crippen molar-refractivity contribution in [3.05, 3.63) is 206 Å². The number of para-hydroxylation sites is 3. The molecule has 268 valence electrons. The molecule has 0 radical (unpaired) electrons. The zero-order valence-corrected chi connectivity index (χ0v) is 30.8. The molecule has 2 aromatic heterocycles. The number of oxazole rings is 1. The van der Waals surface area contributed by atoms with Crippen LogP contribution in [0.4, 0.5) is 17.1 Å². The molecular formula is C53H34N2O2. The lowest BCUT2D eigenvalue weighted by molar-refractivity contribution is 0.620. The Kier molecular flexibility index (Phi) is 7.78. The molecule has 0 aliphatic carbocycles. The van der Waals surface area contributed by atoms with E-state index in [2.05, 4.69) is 187 Å². The normalized spacial score (nSPS) is 11.5. The maximum absolute atomic E-state index is 6.74. The fourth-order valence-corrected chi connectivity index (χ4v) is 8.07. The van der Waals surface area contributed by atoms with Crippen LogP contribution in [0.15, 0.2) is 215 Å². The first-order valence-electron chi connectivity index (χ1n) is 19.2. The van der Waals surface area contributed by atoms with E-state index in [-0.39, 0.29) is 0 Å². The van der Waals surface area contributed by atoms with Gasteiger partial charge in [0.25, 0.3) is 0 Å². The molecule has 0 unspecified atom stereocenters. The van der Waals surface area contributed by atoms with Crippen molar-refractivity contribution >= 4 is 60.9 Å². The van der Waals surface area contributed by atoms with E-state index < -0.39 is 0 Å². The number of hydrogen-bond donors (Lipinski definition) is 0. The van der Waals surface area contributed by atoms with Crippen LogP contribution < -0.4 is 4.90 Å². The first kappa shape index (κ1) is 32.7. The van der Waals surface area contributed by atoms with Crippen molar-refractivity contribution in [3.8, 4) is 44.8 Å². The van der Waals surface area contributed by atoms with Crippen molar-refractivity contribution in [2.24, 2.45) is 0 Å². The van der Waals surface area contributed by atoms with E-state index in [4.69, 9.17) is 13.8 Å². The van der Waals surface area contributed by atoms with Gasteiger partial charge in [0.05, 0.1) is 0 Å². The van der Waals surface area contributed by atoms with Crippen molar-refractivity contribution in [2.75, 3.05) is 4.90 Å². The first-order chi connectivity index (χ1) is 28.2. The highest BCUT2D eigenvalue weighted by molar-refractivity contribution is 6.23. The molecule has 0 saturated heterocycles. The third kappa shape index (κ3) is 5.83. The van der Waals surface area contributed by atoms with E-state index in [9.17, 15) is 0 Å². The second kappa shape index (κ2) is 13.6. The molecule has 0 bridgehead atoms. The van der Waals surface area contributed by atoms with Gasteiger partial charge in [0.15, 0.2) is 5.58 Å². The minimum atomic E-state index is 0.612. The number of nitrogens with zero attached hydrogens (tertiary/aromatic N) is 2. The summed E-state index contributed by atoms with van der Waals surface area (Å²) in [5, 5.41) is 4.55. The quantitative estimate of drug-likeness (QED) is 0.164. The van der Waals surface area contributed by atoms with Gasteiger partial charge in [0.2, 0.25) is 5.89 Å². The van der Waals surface area contributed by atoms with Crippen LogP contribution in [0.1, 0.15) is 0 Å². The van der Waals surface area contributed by atoms with Gasteiger partial charge in [-0.2, -0.15) is 0 Å². The van der Waals surface area contributed by atoms with E-state index in [1.807, 2.05) is 24.3 Å². The summed E-state index contributed by atoms with van der Waals surface area (Å²) in [6.45, 7) is 0. The van der Waals surface area contributed by atoms with Crippen molar-refractivity contribution in [1.29, 1.82) is 0 Å². The van der Waals surface area contributed by atoms with Crippen LogP contribution in [0, 0.1) is 0 Å². The highest BCUT2D eigenvalue weighted by Crippen LogP contribution is 2.43. The monoisotopic (exact) mass is 730 g/mol. The lowest BCUT2D eigenvalue weighted by atomic mass is 9.95. The largest absolute Gasteiger partial charge is 0.455 e. The van der Waals surface area contributed by atoms with E-state index in [1.165, 1.54) is 21.9 Å². The smallest absolute Gasteiger partial charge is 0.227 e. The Balaban J connectivity index is 0.967. The third-order valence-corrected chi connectivity index (χ3v) is 10.9. The highest BCUT2D eigenvalue weighted by Gasteiger charge is 2.19. The van der Waals surface area contributed by atoms with E-state index in [0.717, 1.165) is 77.9 Å². The number of anilines is 3. The Morgan fingerprint density at radius 1 is 0.368 bits per heavy atom. The van der Waals surface area contributed by atoms with E-state index in [0.29, 0.717) is 5.89 Å². The van der Waals surface area contributed by atoms with Crippen LogP contribution in [0.5, 0.6) is 0 Å². The average molecular weight is 731 g/mol. The van der Waals surface area contributed by atoms with Crippen molar-refractivity contribution in [3.63, 3.8) is 0 Å². The Morgan fingerprint density at radius 2 is 0.930 bits per heavy atom. The van der Waals surface area contributed by atoms with Gasteiger partial charge in [-0.3, -0.25) is 0 Å². The summed E-state index contributed by atoms with van der Waals surface area (Å²) in [5.41, 5.74) is 14.4. The first-order valence-corrected chi connectivity index (χ1v) is 19.2. The van der Waals surface area contributed by atoms with Gasteiger partial charge in [0.1, 0.15) is 16.7 Å². The molecule has 0 saturated carbocycles. The molecule has 0 fully saturated rings. The molecule has 0 atom stereocenters. The number of furan rings is 1. The molecular weight excluding hydrogens is 697 g/mol. The molecule has 0 aliphatic rings. The fourth-order valence-electron chi connectivity index (χ4n) is 8.07. The van der Waals surface area contributed by atoms with Crippen LogP contribution >= 0.6 is 0 Å². The zero-order valence-electron chi connectivity index (χ0n) is 30.8. The number of fused-ring (bicyclic) bond motifs is 6. The molecule has 4 heteroatoms. The third-order valence-electron chi connectivity index (χ3n) is 10.9. The summed E-state index contributed by atoms with van der Waals surface area (Å²) >= 11 is 0. The van der Waals surface area contributed by atoms with Gasteiger partial charge >= 0.3 is 0 Å². The Labute approximate surface area is 329 Å². The van der Waals surface area contributed by atoms with Crippen molar-refractivity contribution in [2.45, 2.75) is 0 Å². The molecule has 0 aliphatic heterocycles. The Hall–Kier alpha value is -7.69. The SMILES string of the molecule is c1ccc(-c2ccc(N(c3ccccc3)c3ccc(-c4ccc5oc6c(-c7ccc(-c8nc9ccccc9o8)cc7)cc7ccccc7c6c5c4)cc3)cc2)cc1. The van der Waals surface area contributed by atoms with Crippen molar-refractivity contribution < 1.29 is 8.83 Å². The van der Waals surface area contributed by atoms with E-state index >= 15 is 0 Å². The molecule has 9 aromatic carbocycles. The second-order valence-corrected chi connectivity index (χ2v) is 14.4. The summed E-state index contributed by atoms with van der Waals surface area (Å²) < 4.78 is 12.8. The number of rotatable bonds is 7. The molecule has 11 rings (SSSR count). The van der Waals surface area contributed by atoms with Crippen LogP contribution in [0.3, 0.4) is 0 Å². The molecule has 0 N–H and O–H groups in total. The maximum atomic E-state index is 6.74. The van der Waals surface area contributed by atoms with Gasteiger partial charge in [-0.05, 0) is 117 Å². The van der Waals surface area contributed by atoms with Crippen molar-refractivity contribution in [1.82, 2.24) is 4.98 Å². The minimum absolute atomic E-state index is 0.612. The lowest BCUT2D eigenvalue weighted by Crippen LogP contribution is -2.09. The van der Waals surface area contributed by atoms with Crippen LogP contribution in [0.25, 0.3) is 88.6 Å². The lowest BCUT2D eigenvalue weighted by Gasteiger charge is -2.26. The topological polar surface area (TPSA) is 42.4 Å². The van der Waals surface area contributed by atoms with Gasteiger partial charge in [-0.1, -0.05) is 127 Å². The standard InChI is InChI=1S/C53H34N2O2/c1-3-11-35(12-4-1)36-23-28-43(29-24-36)55(42-14-5-2-6-15-42)44-30-25-37(26-31-44)40-27-32-49-47(33-40)51-45-16-8-7-13-41(45)34-46(52(51)56-49)38-19-21-39(22-20-38)53-54-48-17-9-10-18-50(48)57-53/h1-34H. The zero-order chi connectivity index (χ0) is 37.7. The van der Waals surface area contributed by atoms with E-state index in [1.54, 1.807) is 0 Å². The van der Waals surface area contributed by atoms with Gasteiger partial charge < -0.3 is 13.7 Å². The van der Waals surface area contributed by atoms with Gasteiger partial charge in [-0.15, -0.1) is 0 Å². The Bertz CT molecular complexity index is 3170. The summed E-state index contributed by atoms with van der Waals surface area (Å²) in [6, 6.07) is 72.3. The summed E-state index contributed by atoms with van der Waals surface area (Å²) in [6.07, 6.45) is 0. The number of hydrogen-bond acceptors (Lipinski definition) is 4. The second-order valence-electron chi connectivity index (χ2n) is 14.4.